The highest BCUT2D eigenvalue weighted by atomic mass is 32.1. The molecule has 0 aliphatic heterocycles. The first kappa shape index (κ1) is 11.2. The molecule has 16 heavy (non-hydrogen) atoms. The van der Waals surface area contributed by atoms with Crippen molar-refractivity contribution < 1.29 is 4.74 Å². The molecule has 2 aromatic rings. The van der Waals surface area contributed by atoms with E-state index in [9.17, 15) is 0 Å². The molecule has 0 saturated carbocycles. The zero-order chi connectivity index (χ0) is 11.2. The summed E-state index contributed by atoms with van der Waals surface area (Å²) >= 11 is 1.72. The number of rotatable bonds is 6. The standard InChI is InChI=1S/C12H16N2OS/c1-2-5-14-9-12(8-13-14)15-6-3-11-4-7-16-10-11/h4,7-10H,2-3,5-6H2,1H3. The zero-order valence-corrected chi connectivity index (χ0v) is 10.2. The van der Waals surface area contributed by atoms with Crippen LogP contribution in [-0.2, 0) is 13.0 Å². The third-order valence-corrected chi connectivity index (χ3v) is 3.03. The largest absolute Gasteiger partial charge is 0.490 e. The highest BCUT2D eigenvalue weighted by Gasteiger charge is 1.99. The van der Waals surface area contributed by atoms with Gasteiger partial charge in [0.05, 0.1) is 19.0 Å². The van der Waals surface area contributed by atoms with Gasteiger partial charge in [-0.2, -0.15) is 16.4 Å². The first-order valence-corrected chi connectivity index (χ1v) is 6.49. The third kappa shape index (κ3) is 3.10. The summed E-state index contributed by atoms with van der Waals surface area (Å²) < 4.78 is 7.54. The number of aromatic nitrogens is 2. The summed E-state index contributed by atoms with van der Waals surface area (Å²) in [5, 5.41) is 8.46. The Balaban J connectivity index is 1.76. The Labute approximate surface area is 99.7 Å². The van der Waals surface area contributed by atoms with E-state index in [2.05, 4.69) is 28.8 Å². The van der Waals surface area contributed by atoms with Crippen LogP contribution in [0.25, 0.3) is 0 Å². The molecular formula is C12H16N2OS. The Morgan fingerprint density at radius 1 is 1.50 bits per heavy atom. The molecule has 0 bridgehead atoms. The van der Waals surface area contributed by atoms with Crippen LogP contribution in [0.1, 0.15) is 18.9 Å². The molecule has 3 nitrogen and oxygen atoms in total. The van der Waals surface area contributed by atoms with Crippen molar-refractivity contribution in [2.45, 2.75) is 26.3 Å². The van der Waals surface area contributed by atoms with Crippen LogP contribution >= 0.6 is 11.3 Å². The maximum atomic E-state index is 5.63. The summed E-state index contributed by atoms with van der Waals surface area (Å²) in [6, 6.07) is 2.13. The minimum atomic E-state index is 0.717. The van der Waals surface area contributed by atoms with E-state index in [1.54, 1.807) is 17.5 Å². The van der Waals surface area contributed by atoms with E-state index in [1.807, 2.05) is 10.9 Å². The van der Waals surface area contributed by atoms with Gasteiger partial charge in [-0.3, -0.25) is 4.68 Å². The van der Waals surface area contributed by atoms with Gasteiger partial charge in [0.2, 0.25) is 0 Å². The first-order valence-electron chi connectivity index (χ1n) is 5.55. The number of thiophene rings is 1. The molecule has 2 rings (SSSR count). The predicted octanol–water partition coefficient (Wildman–Crippen LogP) is 2.98. The Hall–Kier alpha value is -1.29. The molecule has 0 unspecified atom stereocenters. The van der Waals surface area contributed by atoms with Crippen molar-refractivity contribution in [3.05, 3.63) is 34.8 Å². The van der Waals surface area contributed by atoms with Gasteiger partial charge in [0.1, 0.15) is 0 Å². The molecule has 0 fully saturated rings. The molecule has 4 heteroatoms. The van der Waals surface area contributed by atoms with Crippen LogP contribution in [0.15, 0.2) is 29.2 Å². The Morgan fingerprint density at radius 3 is 3.19 bits per heavy atom. The number of nitrogens with zero attached hydrogens (tertiary/aromatic N) is 2. The minimum absolute atomic E-state index is 0.717. The maximum absolute atomic E-state index is 5.63. The van der Waals surface area contributed by atoms with Crippen molar-refractivity contribution in [2.75, 3.05) is 6.61 Å². The van der Waals surface area contributed by atoms with Crippen molar-refractivity contribution in [1.29, 1.82) is 0 Å². The number of hydrogen-bond donors (Lipinski definition) is 0. The lowest BCUT2D eigenvalue weighted by Crippen LogP contribution is -2.00. The van der Waals surface area contributed by atoms with Crippen LogP contribution in [0.5, 0.6) is 5.75 Å². The Bertz CT molecular complexity index is 408. The van der Waals surface area contributed by atoms with Gasteiger partial charge in [-0.1, -0.05) is 6.92 Å². The van der Waals surface area contributed by atoms with Crippen molar-refractivity contribution in [2.24, 2.45) is 0 Å². The van der Waals surface area contributed by atoms with Gasteiger partial charge < -0.3 is 4.74 Å². The summed E-state index contributed by atoms with van der Waals surface area (Å²) in [6.45, 7) is 3.81. The predicted molar refractivity (Wildman–Crippen MR) is 66.0 cm³/mol. The summed E-state index contributed by atoms with van der Waals surface area (Å²) in [6.07, 6.45) is 5.79. The zero-order valence-electron chi connectivity index (χ0n) is 9.43. The number of hydrogen-bond acceptors (Lipinski definition) is 3. The highest BCUT2D eigenvalue weighted by Crippen LogP contribution is 2.11. The van der Waals surface area contributed by atoms with E-state index in [0.717, 1.165) is 25.1 Å². The molecule has 2 heterocycles. The van der Waals surface area contributed by atoms with Crippen molar-refractivity contribution in [1.82, 2.24) is 9.78 Å². The van der Waals surface area contributed by atoms with Crippen molar-refractivity contribution in [3.8, 4) is 5.75 Å². The summed E-state index contributed by atoms with van der Waals surface area (Å²) in [5.41, 5.74) is 1.34. The van der Waals surface area contributed by atoms with Crippen LogP contribution in [0.4, 0.5) is 0 Å². The lowest BCUT2D eigenvalue weighted by Gasteiger charge is -2.01. The molecular weight excluding hydrogens is 220 g/mol. The van der Waals surface area contributed by atoms with E-state index in [0.29, 0.717) is 6.61 Å². The van der Waals surface area contributed by atoms with E-state index >= 15 is 0 Å². The van der Waals surface area contributed by atoms with Crippen LogP contribution in [-0.4, -0.2) is 16.4 Å². The Morgan fingerprint density at radius 2 is 2.44 bits per heavy atom. The first-order chi connectivity index (χ1) is 7.88. The maximum Gasteiger partial charge on any atom is 0.157 e. The average Bonchev–Trinajstić information content (AvgIpc) is 2.90. The average molecular weight is 236 g/mol. The molecule has 0 aliphatic carbocycles. The third-order valence-electron chi connectivity index (χ3n) is 2.30. The van der Waals surface area contributed by atoms with Crippen LogP contribution in [0, 0.1) is 0 Å². The smallest absolute Gasteiger partial charge is 0.157 e. The van der Waals surface area contributed by atoms with E-state index < -0.39 is 0 Å². The van der Waals surface area contributed by atoms with Gasteiger partial charge in [0.25, 0.3) is 0 Å². The number of ether oxygens (including phenoxy) is 1. The van der Waals surface area contributed by atoms with Crippen LogP contribution < -0.4 is 4.74 Å². The Kier molecular flexibility index (Phi) is 3.99. The van der Waals surface area contributed by atoms with E-state index in [-0.39, 0.29) is 0 Å². The van der Waals surface area contributed by atoms with Gasteiger partial charge in [0.15, 0.2) is 5.75 Å². The summed E-state index contributed by atoms with van der Waals surface area (Å²) in [4.78, 5) is 0. The quantitative estimate of drug-likeness (QED) is 0.771. The van der Waals surface area contributed by atoms with Crippen LogP contribution in [0.3, 0.4) is 0 Å². The molecule has 0 amide bonds. The highest BCUT2D eigenvalue weighted by molar-refractivity contribution is 7.07. The molecule has 0 saturated heterocycles. The molecule has 86 valence electrons. The SMILES string of the molecule is CCCn1cc(OCCc2ccsc2)cn1. The van der Waals surface area contributed by atoms with Gasteiger partial charge in [0, 0.05) is 13.0 Å². The van der Waals surface area contributed by atoms with Gasteiger partial charge >= 0.3 is 0 Å². The van der Waals surface area contributed by atoms with Crippen LogP contribution in [0.2, 0.25) is 0 Å². The normalized spacial score (nSPS) is 10.6. The summed E-state index contributed by atoms with van der Waals surface area (Å²) in [5.74, 6) is 0.865. The van der Waals surface area contributed by atoms with Gasteiger partial charge in [-0.05, 0) is 28.8 Å². The molecule has 0 spiro atoms. The second kappa shape index (κ2) is 5.70. The van der Waals surface area contributed by atoms with E-state index in [4.69, 9.17) is 4.74 Å². The molecule has 0 radical (unpaired) electrons. The molecule has 0 atom stereocenters. The molecule has 0 aromatic carbocycles. The monoisotopic (exact) mass is 236 g/mol. The topological polar surface area (TPSA) is 27.1 Å². The fourth-order valence-electron chi connectivity index (χ4n) is 1.49. The van der Waals surface area contributed by atoms with E-state index in [1.165, 1.54) is 5.56 Å². The minimum Gasteiger partial charge on any atom is -0.490 e. The molecule has 2 aromatic heterocycles. The fourth-order valence-corrected chi connectivity index (χ4v) is 2.20. The van der Waals surface area contributed by atoms with Gasteiger partial charge in [-0.25, -0.2) is 0 Å². The number of aryl methyl sites for hydroxylation is 1. The summed E-state index contributed by atoms with van der Waals surface area (Å²) in [7, 11) is 0. The van der Waals surface area contributed by atoms with Crippen molar-refractivity contribution >= 4 is 11.3 Å². The molecule has 0 aliphatic rings. The lowest BCUT2D eigenvalue weighted by atomic mass is 10.3. The van der Waals surface area contributed by atoms with Gasteiger partial charge in [-0.15, -0.1) is 0 Å². The second-order valence-electron chi connectivity index (χ2n) is 3.67. The second-order valence-corrected chi connectivity index (χ2v) is 4.45. The molecule has 0 N–H and O–H groups in total. The lowest BCUT2D eigenvalue weighted by molar-refractivity contribution is 0.321. The fraction of sp³-hybridized carbons (Fsp3) is 0.417. The van der Waals surface area contributed by atoms with Crippen molar-refractivity contribution in [3.63, 3.8) is 0 Å².